The first-order valence-electron chi connectivity index (χ1n) is 6.42. The second kappa shape index (κ2) is 7.18. The Kier molecular flexibility index (Phi) is 5.68. The first kappa shape index (κ1) is 18.2. The van der Waals surface area contributed by atoms with E-state index >= 15 is 0 Å². The molecule has 1 nitrogen and oxygen atoms in total. The predicted octanol–water partition coefficient (Wildman–Crippen LogP) is 6.36. The van der Waals surface area contributed by atoms with E-state index in [9.17, 15) is 17.7 Å². The fourth-order valence-electron chi connectivity index (χ4n) is 1.92. The minimum absolute atomic E-state index is 0.0364. The van der Waals surface area contributed by atoms with Crippen molar-refractivity contribution in [3.8, 4) is 0 Å². The zero-order valence-corrected chi connectivity index (χ0v) is 14.2. The average molecular weight is 380 g/mol. The minimum atomic E-state index is -4.63. The van der Waals surface area contributed by atoms with E-state index in [1.807, 2.05) is 0 Å². The number of halogens is 5. The van der Waals surface area contributed by atoms with Gasteiger partial charge in [-0.3, -0.25) is 0 Å². The normalized spacial score (nSPS) is 14.0. The number of aryl methyl sites for hydroxylation is 1. The number of rotatable bonds is 3. The molecule has 0 spiro atoms. The highest BCUT2D eigenvalue weighted by atomic mass is 35.5. The Morgan fingerprint density at radius 3 is 2.26 bits per heavy atom. The molecule has 2 aromatic rings. The molecule has 0 aliphatic rings. The maximum absolute atomic E-state index is 13.4. The maximum Gasteiger partial charge on any atom is 0.421 e. The first-order valence-corrected chi connectivity index (χ1v) is 8.42. The van der Waals surface area contributed by atoms with Crippen molar-refractivity contribution in [3.05, 3.63) is 69.0 Å². The van der Waals surface area contributed by atoms with Crippen LogP contribution in [0, 0.1) is 6.92 Å². The van der Waals surface area contributed by atoms with Gasteiger partial charge in [0.1, 0.15) is 5.57 Å². The zero-order chi connectivity index (χ0) is 17.2. The summed E-state index contributed by atoms with van der Waals surface area (Å²) in [6, 6.07) is 10.6. The number of alkyl halides is 3. The molecule has 0 saturated heterocycles. The Hall–Kier alpha value is -1.14. The van der Waals surface area contributed by atoms with E-state index in [0.717, 1.165) is 11.5 Å². The summed E-state index contributed by atoms with van der Waals surface area (Å²) in [5.41, 5.74) is -0.650. The van der Waals surface area contributed by atoms with E-state index in [-0.39, 0.29) is 15.6 Å². The standard InChI is InChI=1S/C16H12Cl2F3OS/c1-10-7-11(8-14(17)15(10)18)13(16(19,20)21)9-23(22)12-5-3-2-4-6-12/h2-9,22H,1H3/q+1/b13-9+. The molecular weight excluding hydrogens is 368 g/mol. The molecule has 0 aromatic heterocycles. The molecule has 2 rings (SSSR count). The van der Waals surface area contributed by atoms with Gasteiger partial charge in [-0.2, -0.15) is 17.7 Å². The Labute approximate surface area is 144 Å². The number of allylic oxidation sites excluding steroid dienone is 1. The fourth-order valence-corrected chi connectivity index (χ4v) is 3.36. The molecule has 0 aliphatic heterocycles. The molecule has 23 heavy (non-hydrogen) atoms. The van der Waals surface area contributed by atoms with Crippen molar-refractivity contribution >= 4 is 40.0 Å². The van der Waals surface area contributed by atoms with Gasteiger partial charge in [0.2, 0.25) is 11.2 Å². The lowest BCUT2D eigenvalue weighted by atomic mass is 10.0. The van der Waals surface area contributed by atoms with Crippen molar-refractivity contribution in [2.45, 2.75) is 18.0 Å². The number of hydrogen-bond donors (Lipinski definition) is 1. The highest BCUT2D eigenvalue weighted by molar-refractivity contribution is 7.94. The largest absolute Gasteiger partial charge is 0.421 e. The molecule has 0 fully saturated rings. The van der Waals surface area contributed by atoms with Crippen LogP contribution in [0.3, 0.4) is 0 Å². The molecule has 0 radical (unpaired) electrons. The van der Waals surface area contributed by atoms with E-state index in [1.54, 1.807) is 37.3 Å². The van der Waals surface area contributed by atoms with Crippen LogP contribution in [0.2, 0.25) is 10.0 Å². The zero-order valence-electron chi connectivity index (χ0n) is 11.9. The van der Waals surface area contributed by atoms with Crippen molar-refractivity contribution in [1.82, 2.24) is 0 Å². The summed E-state index contributed by atoms with van der Waals surface area (Å²) in [5.74, 6) is 0. The van der Waals surface area contributed by atoms with Crippen LogP contribution in [0.15, 0.2) is 52.8 Å². The summed E-state index contributed by atoms with van der Waals surface area (Å²) < 4.78 is 50.3. The van der Waals surface area contributed by atoms with E-state index in [0.29, 0.717) is 10.5 Å². The molecule has 122 valence electrons. The van der Waals surface area contributed by atoms with Crippen LogP contribution in [0.5, 0.6) is 0 Å². The number of benzene rings is 2. The van der Waals surface area contributed by atoms with E-state index in [4.69, 9.17) is 23.2 Å². The fraction of sp³-hybridized carbons (Fsp3) is 0.125. The van der Waals surface area contributed by atoms with E-state index in [1.165, 1.54) is 6.07 Å². The second-order valence-corrected chi connectivity index (χ2v) is 6.87. The lowest BCUT2D eigenvalue weighted by Crippen LogP contribution is -2.13. The average Bonchev–Trinajstić information content (AvgIpc) is 2.49. The van der Waals surface area contributed by atoms with Crippen LogP contribution in [-0.4, -0.2) is 10.7 Å². The minimum Gasteiger partial charge on any atom is -0.176 e. The van der Waals surface area contributed by atoms with Gasteiger partial charge < -0.3 is 0 Å². The van der Waals surface area contributed by atoms with Gasteiger partial charge >= 0.3 is 6.18 Å². The van der Waals surface area contributed by atoms with Crippen molar-refractivity contribution in [2.24, 2.45) is 0 Å². The van der Waals surface area contributed by atoms with Gasteiger partial charge in [0.25, 0.3) is 0 Å². The van der Waals surface area contributed by atoms with Crippen LogP contribution >= 0.6 is 23.2 Å². The summed E-state index contributed by atoms with van der Waals surface area (Å²) in [7, 11) is 0. The third-order valence-electron chi connectivity index (χ3n) is 3.04. The Bertz CT molecular complexity index is 707. The molecule has 0 bridgehead atoms. The first-order chi connectivity index (χ1) is 10.7. The maximum atomic E-state index is 13.4. The monoisotopic (exact) mass is 379 g/mol. The summed E-state index contributed by atoms with van der Waals surface area (Å²) in [4.78, 5) is 0.394. The van der Waals surface area contributed by atoms with Crippen molar-refractivity contribution < 1.29 is 17.7 Å². The Morgan fingerprint density at radius 2 is 1.74 bits per heavy atom. The Morgan fingerprint density at radius 1 is 1.13 bits per heavy atom. The highest BCUT2D eigenvalue weighted by Gasteiger charge is 2.39. The quantitative estimate of drug-likeness (QED) is 0.615. The predicted molar refractivity (Wildman–Crippen MR) is 89.9 cm³/mol. The molecule has 1 unspecified atom stereocenters. The van der Waals surface area contributed by atoms with Gasteiger partial charge in [-0.1, -0.05) is 41.4 Å². The van der Waals surface area contributed by atoms with Gasteiger partial charge in [0, 0.05) is 0 Å². The molecule has 0 aliphatic carbocycles. The van der Waals surface area contributed by atoms with Crippen LogP contribution in [-0.2, 0) is 11.2 Å². The number of hydrogen-bond acceptors (Lipinski definition) is 1. The molecule has 0 amide bonds. The molecule has 1 N–H and O–H groups in total. The third kappa shape index (κ3) is 4.44. The Balaban J connectivity index is 2.53. The molecular formula is C16H12Cl2F3OS+. The van der Waals surface area contributed by atoms with Crippen LogP contribution < -0.4 is 0 Å². The van der Waals surface area contributed by atoms with Gasteiger partial charge in [-0.25, -0.2) is 0 Å². The topological polar surface area (TPSA) is 20.2 Å². The summed E-state index contributed by atoms with van der Waals surface area (Å²) in [5, 5.41) is 1.05. The summed E-state index contributed by atoms with van der Waals surface area (Å²) >= 11 is 10.1. The van der Waals surface area contributed by atoms with Gasteiger partial charge in [0.05, 0.1) is 10.0 Å². The summed E-state index contributed by atoms with van der Waals surface area (Å²) in [6.07, 6.45) is -4.63. The van der Waals surface area contributed by atoms with Crippen LogP contribution in [0.4, 0.5) is 13.2 Å². The summed E-state index contributed by atoms with van der Waals surface area (Å²) in [6.45, 7) is 1.57. The van der Waals surface area contributed by atoms with Gasteiger partial charge in [-0.15, -0.1) is 0 Å². The SMILES string of the molecule is Cc1cc(/C(=C\[S+](O)c2ccccc2)C(F)(F)F)cc(Cl)c1Cl. The van der Waals surface area contributed by atoms with Crippen LogP contribution in [0.1, 0.15) is 11.1 Å². The van der Waals surface area contributed by atoms with Crippen LogP contribution in [0.25, 0.3) is 5.57 Å². The van der Waals surface area contributed by atoms with Gasteiger partial charge in [0.15, 0.2) is 10.3 Å². The smallest absolute Gasteiger partial charge is 0.176 e. The van der Waals surface area contributed by atoms with Gasteiger partial charge in [-0.05, 0) is 42.3 Å². The molecule has 1 atom stereocenters. The highest BCUT2D eigenvalue weighted by Crippen LogP contribution is 2.38. The van der Waals surface area contributed by atoms with Crippen molar-refractivity contribution in [3.63, 3.8) is 0 Å². The van der Waals surface area contributed by atoms with Crippen molar-refractivity contribution in [2.75, 3.05) is 0 Å². The van der Waals surface area contributed by atoms with E-state index < -0.39 is 22.9 Å². The van der Waals surface area contributed by atoms with E-state index in [2.05, 4.69) is 0 Å². The molecule has 0 heterocycles. The molecule has 2 aromatic carbocycles. The second-order valence-electron chi connectivity index (χ2n) is 4.75. The third-order valence-corrected chi connectivity index (χ3v) is 5.15. The molecule has 0 saturated carbocycles. The van der Waals surface area contributed by atoms with Crippen molar-refractivity contribution in [1.29, 1.82) is 0 Å². The lowest BCUT2D eigenvalue weighted by Gasteiger charge is -2.12. The molecule has 7 heteroatoms. The lowest BCUT2D eigenvalue weighted by molar-refractivity contribution is -0.0688.